The lowest BCUT2D eigenvalue weighted by atomic mass is 10.0. The van der Waals surface area contributed by atoms with Crippen LogP contribution >= 0.6 is 0 Å². The van der Waals surface area contributed by atoms with E-state index in [2.05, 4.69) is 47.6 Å². The molecular weight excluding hydrogens is 236 g/mol. The predicted octanol–water partition coefficient (Wildman–Crippen LogP) is 2.75. The Bertz CT molecular complexity index is 492. The van der Waals surface area contributed by atoms with Gasteiger partial charge in [-0.3, -0.25) is 9.67 Å². The van der Waals surface area contributed by atoms with E-state index in [1.165, 1.54) is 5.56 Å². The van der Waals surface area contributed by atoms with Gasteiger partial charge in [0.1, 0.15) is 0 Å². The molecule has 102 valence electrons. The summed E-state index contributed by atoms with van der Waals surface area (Å²) < 4.78 is 2.05. The van der Waals surface area contributed by atoms with E-state index in [1.807, 2.05) is 24.0 Å². The summed E-state index contributed by atoms with van der Waals surface area (Å²) in [5.41, 5.74) is 2.31. The number of pyridine rings is 1. The van der Waals surface area contributed by atoms with Crippen LogP contribution in [0.5, 0.6) is 0 Å². The van der Waals surface area contributed by atoms with Gasteiger partial charge in [0.15, 0.2) is 0 Å². The van der Waals surface area contributed by atoms with Crippen molar-refractivity contribution in [1.29, 1.82) is 0 Å². The molecular formula is C15H22N4. The van der Waals surface area contributed by atoms with Gasteiger partial charge in [0.2, 0.25) is 0 Å². The van der Waals surface area contributed by atoms with Crippen LogP contribution in [-0.4, -0.2) is 21.8 Å². The Morgan fingerprint density at radius 1 is 1.37 bits per heavy atom. The zero-order valence-electron chi connectivity index (χ0n) is 11.9. The highest BCUT2D eigenvalue weighted by Crippen LogP contribution is 2.17. The van der Waals surface area contributed by atoms with E-state index in [0.717, 1.165) is 18.5 Å². The summed E-state index contributed by atoms with van der Waals surface area (Å²) in [5.74, 6) is 0. The zero-order chi connectivity index (χ0) is 13.7. The van der Waals surface area contributed by atoms with Gasteiger partial charge < -0.3 is 5.32 Å². The Hall–Kier alpha value is -1.68. The van der Waals surface area contributed by atoms with Crippen LogP contribution in [0.25, 0.3) is 0 Å². The Balaban J connectivity index is 2.09. The molecule has 2 aromatic heterocycles. The molecule has 0 aromatic carbocycles. The molecule has 0 amide bonds. The standard InChI is InChI=1S/C15H22N4/c1-4-12(2)19-9-7-14(18-19)10-15(16-3)13-6-5-8-17-11-13/h5-9,11-12,15-16H,4,10H2,1-3H3. The Labute approximate surface area is 114 Å². The number of aromatic nitrogens is 3. The molecule has 2 heterocycles. The fourth-order valence-corrected chi connectivity index (χ4v) is 2.10. The smallest absolute Gasteiger partial charge is 0.0643 e. The predicted molar refractivity (Wildman–Crippen MR) is 77.0 cm³/mol. The van der Waals surface area contributed by atoms with Gasteiger partial charge in [0.05, 0.1) is 5.69 Å². The maximum absolute atomic E-state index is 4.65. The summed E-state index contributed by atoms with van der Waals surface area (Å²) >= 11 is 0. The first-order valence-corrected chi connectivity index (χ1v) is 6.85. The van der Waals surface area contributed by atoms with Crippen molar-refractivity contribution >= 4 is 0 Å². The van der Waals surface area contributed by atoms with Crippen LogP contribution in [0.1, 0.15) is 43.6 Å². The Morgan fingerprint density at radius 2 is 2.21 bits per heavy atom. The zero-order valence-corrected chi connectivity index (χ0v) is 11.9. The van der Waals surface area contributed by atoms with Gasteiger partial charge in [0.25, 0.3) is 0 Å². The molecule has 4 heteroatoms. The topological polar surface area (TPSA) is 42.7 Å². The van der Waals surface area contributed by atoms with E-state index in [4.69, 9.17) is 0 Å². The van der Waals surface area contributed by atoms with Gasteiger partial charge >= 0.3 is 0 Å². The third-order valence-corrected chi connectivity index (χ3v) is 3.55. The van der Waals surface area contributed by atoms with Crippen molar-refractivity contribution < 1.29 is 0 Å². The molecule has 0 radical (unpaired) electrons. The number of nitrogens with one attached hydrogen (secondary N) is 1. The highest BCUT2D eigenvalue weighted by Gasteiger charge is 2.12. The van der Waals surface area contributed by atoms with Gasteiger partial charge in [-0.15, -0.1) is 0 Å². The average molecular weight is 258 g/mol. The van der Waals surface area contributed by atoms with Crippen molar-refractivity contribution in [3.05, 3.63) is 48.0 Å². The highest BCUT2D eigenvalue weighted by molar-refractivity contribution is 5.16. The van der Waals surface area contributed by atoms with Crippen LogP contribution in [0, 0.1) is 0 Å². The quantitative estimate of drug-likeness (QED) is 0.866. The van der Waals surface area contributed by atoms with Gasteiger partial charge in [0, 0.05) is 37.1 Å². The van der Waals surface area contributed by atoms with E-state index in [0.29, 0.717) is 6.04 Å². The fourth-order valence-electron chi connectivity index (χ4n) is 2.10. The Morgan fingerprint density at radius 3 is 2.84 bits per heavy atom. The lowest BCUT2D eigenvalue weighted by molar-refractivity contribution is 0.469. The molecule has 0 saturated heterocycles. The maximum atomic E-state index is 4.65. The van der Waals surface area contributed by atoms with Crippen molar-refractivity contribution in [2.24, 2.45) is 0 Å². The molecule has 2 rings (SSSR count). The molecule has 0 aliphatic rings. The van der Waals surface area contributed by atoms with Crippen LogP contribution in [0.3, 0.4) is 0 Å². The second-order valence-electron chi connectivity index (χ2n) is 4.88. The summed E-state index contributed by atoms with van der Waals surface area (Å²) in [7, 11) is 1.98. The molecule has 2 unspecified atom stereocenters. The molecule has 19 heavy (non-hydrogen) atoms. The molecule has 0 saturated carbocycles. The molecule has 0 aliphatic heterocycles. The number of hydrogen-bond donors (Lipinski definition) is 1. The summed E-state index contributed by atoms with van der Waals surface area (Å²) in [6.45, 7) is 4.37. The summed E-state index contributed by atoms with van der Waals surface area (Å²) in [5, 5.41) is 7.98. The minimum absolute atomic E-state index is 0.258. The second kappa shape index (κ2) is 6.48. The van der Waals surface area contributed by atoms with Gasteiger partial charge in [-0.2, -0.15) is 5.10 Å². The highest BCUT2D eigenvalue weighted by atomic mass is 15.3. The number of likely N-dealkylation sites (N-methyl/N-ethyl adjacent to an activating group) is 1. The largest absolute Gasteiger partial charge is 0.313 e. The van der Waals surface area contributed by atoms with Crippen molar-refractivity contribution in [3.8, 4) is 0 Å². The number of nitrogens with zero attached hydrogens (tertiary/aromatic N) is 3. The SMILES string of the molecule is CCC(C)n1ccc(CC(NC)c2cccnc2)n1. The summed E-state index contributed by atoms with van der Waals surface area (Å²) in [4.78, 5) is 4.18. The normalized spacial score (nSPS) is 14.3. The lowest BCUT2D eigenvalue weighted by Crippen LogP contribution is -2.19. The van der Waals surface area contributed by atoms with Crippen LogP contribution in [-0.2, 0) is 6.42 Å². The van der Waals surface area contributed by atoms with Gasteiger partial charge in [-0.05, 0) is 38.1 Å². The van der Waals surface area contributed by atoms with Gasteiger partial charge in [-0.1, -0.05) is 13.0 Å². The fraction of sp³-hybridized carbons (Fsp3) is 0.467. The van der Waals surface area contributed by atoms with E-state index in [9.17, 15) is 0 Å². The number of hydrogen-bond acceptors (Lipinski definition) is 3. The van der Waals surface area contributed by atoms with E-state index < -0.39 is 0 Å². The van der Waals surface area contributed by atoms with Crippen LogP contribution in [0.2, 0.25) is 0 Å². The molecule has 0 spiro atoms. The van der Waals surface area contributed by atoms with E-state index in [-0.39, 0.29) is 6.04 Å². The lowest BCUT2D eigenvalue weighted by Gasteiger charge is -2.15. The van der Waals surface area contributed by atoms with Crippen LogP contribution in [0.15, 0.2) is 36.8 Å². The first-order chi connectivity index (χ1) is 9.24. The molecule has 0 aliphatic carbocycles. The first-order valence-electron chi connectivity index (χ1n) is 6.85. The molecule has 0 bridgehead atoms. The molecule has 2 atom stereocenters. The van der Waals surface area contributed by atoms with Crippen molar-refractivity contribution in [3.63, 3.8) is 0 Å². The van der Waals surface area contributed by atoms with E-state index in [1.54, 1.807) is 6.20 Å². The maximum Gasteiger partial charge on any atom is 0.0643 e. The van der Waals surface area contributed by atoms with Crippen LogP contribution < -0.4 is 5.32 Å². The van der Waals surface area contributed by atoms with Crippen LogP contribution in [0.4, 0.5) is 0 Å². The van der Waals surface area contributed by atoms with Crippen molar-refractivity contribution in [1.82, 2.24) is 20.1 Å². The van der Waals surface area contributed by atoms with E-state index >= 15 is 0 Å². The molecule has 4 nitrogen and oxygen atoms in total. The van der Waals surface area contributed by atoms with Gasteiger partial charge in [-0.25, -0.2) is 0 Å². The average Bonchev–Trinajstić information content (AvgIpc) is 2.93. The molecule has 2 aromatic rings. The second-order valence-corrected chi connectivity index (χ2v) is 4.88. The summed E-state index contributed by atoms with van der Waals surface area (Å²) in [6, 6.07) is 6.89. The molecule has 0 fully saturated rings. The van der Waals surface area contributed by atoms with Crippen molar-refractivity contribution in [2.45, 2.75) is 38.8 Å². The number of rotatable bonds is 6. The molecule has 1 N–H and O–H groups in total. The minimum Gasteiger partial charge on any atom is -0.313 e. The third-order valence-electron chi connectivity index (χ3n) is 3.55. The van der Waals surface area contributed by atoms with Crippen molar-refractivity contribution in [2.75, 3.05) is 7.05 Å². The minimum atomic E-state index is 0.258. The Kier molecular flexibility index (Phi) is 4.68. The third kappa shape index (κ3) is 3.41. The summed E-state index contributed by atoms with van der Waals surface area (Å²) in [6.07, 6.45) is 7.75. The monoisotopic (exact) mass is 258 g/mol. The first kappa shape index (κ1) is 13.7.